The molecule has 0 fully saturated rings. The van der Waals surface area contributed by atoms with Crippen LogP contribution < -0.4 is 0 Å². The Morgan fingerprint density at radius 3 is 2.86 bits per heavy atom. The van der Waals surface area contributed by atoms with Crippen LogP contribution in [-0.2, 0) is 6.42 Å². The van der Waals surface area contributed by atoms with Gasteiger partial charge in [0.2, 0.25) is 0 Å². The summed E-state index contributed by atoms with van der Waals surface area (Å²) in [6.07, 6.45) is 6.25. The second-order valence-corrected chi connectivity index (χ2v) is 5.08. The fourth-order valence-corrected chi connectivity index (χ4v) is 2.60. The van der Waals surface area contributed by atoms with Crippen LogP contribution in [0.25, 0.3) is 16.7 Å². The first-order valence-corrected chi connectivity index (χ1v) is 6.91. The standard InChI is InChI=1S/C16H13N5O/c22-21-16-6-5-12(10-14(16)18-19-21)9-13-3-1-2-4-15(13)20-8-7-17-11-20/h1-8,10-11,22H,9H2. The predicted octanol–water partition coefficient (Wildman–Crippen LogP) is 2.45. The molecule has 0 aliphatic heterocycles. The van der Waals surface area contributed by atoms with Crippen LogP contribution in [0.1, 0.15) is 11.1 Å². The lowest BCUT2D eigenvalue weighted by atomic mass is 10.0. The Labute approximate surface area is 126 Å². The third-order valence-corrected chi connectivity index (χ3v) is 3.66. The molecule has 22 heavy (non-hydrogen) atoms. The maximum absolute atomic E-state index is 9.49. The summed E-state index contributed by atoms with van der Waals surface area (Å²) in [7, 11) is 0. The monoisotopic (exact) mass is 291 g/mol. The third kappa shape index (κ3) is 2.10. The number of nitrogens with zero attached hydrogens (tertiary/aromatic N) is 5. The molecular weight excluding hydrogens is 278 g/mol. The highest BCUT2D eigenvalue weighted by Crippen LogP contribution is 2.20. The Bertz CT molecular complexity index is 927. The molecule has 0 saturated carbocycles. The maximum atomic E-state index is 9.49. The normalized spacial score (nSPS) is 11.1. The summed E-state index contributed by atoms with van der Waals surface area (Å²) >= 11 is 0. The Balaban J connectivity index is 1.73. The van der Waals surface area contributed by atoms with Crippen molar-refractivity contribution in [1.82, 2.24) is 24.7 Å². The minimum Gasteiger partial charge on any atom is -0.410 e. The topological polar surface area (TPSA) is 68.8 Å². The lowest BCUT2D eigenvalue weighted by Crippen LogP contribution is -1.98. The van der Waals surface area contributed by atoms with Crippen molar-refractivity contribution in [3.63, 3.8) is 0 Å². The first-order valence-electron chi connectivity index (χ1n) is 6.91. The van der Waals surface area contributed by atoms with E-state index in [1.807, 2.05) is 41.1 Å². The number of para-hydroxylation sites is 1. The number of rotatable bonds is 3. The molecule has 0 aliphatic carbocycles. The molecule has 0 bridgehead atoms. The average molecular weight is 291 g/mol. The van der Waals surface area contributed by atoms with E-state index >= 15 is 0 Å². The molecule has 108 valence electrons. The van der Waals surface area contributed by atoms with Gasteiger partial charge in [-0.2, -0.15) is 0 Å². The van der Waals surface area contributed by atoms with Gasteiger partial charge in [-0.3, -0.25) is 0 Å². The summed E-state index contributed by atoms with van der Waals surface area (Å²) in [4.78, 5) is 4.89. The zero-order chi connectivity index (χ0) is 14.9. The second kappa shape index (κ2) is 5.00. The highest BCUT2D eigenvalue weighted by Gasteiger charge is 2.08. The molecule has 6 nitrogen and oxygen atoms in total. The van der Waals surface area contributed by atoms with Crippen molar-refractivity contribution in [2.24, 2.45) is 0 Å². The Morgan fingerprint density at radius 2 is 2.00 bits per heavy atom. The summed E-state index contributed by atoms with van der Waals surface area (Å²) in [6.45, 7) is 0. The predicted molar refractivity (Wildman–Crippen MR) is 81.1 cm³/mol. The van der Waals surface area contributed by atoms with Gasteiger partial charge in [-0.15, -0.1) is 5.10 Å². The van der Waals surface area contributed by atoms with Crippen molar-refractivity contribution >= 4 is 11.0 Å². The molecule has 0 aliphatic rings. The van der Waals surface area contributed by atoms with Crippen LogP contribution in [0.4, 0.5) is 0 Å². The molecular formula is C16H13N5O. The number of fused-ring (bicyclic) bond motifs is 1. The molecule has 4 rings (SSSR count). The van der Waals surface area contributed by atoms with E-state index in [-0.39, 0.29) is 0 Å². The average Bonchev–Trinajstić information content (AvgIpc) is 3.18. The maximum Gasteiger partial charge on any atom is 0.130 e. The van der Waals surface area contributed by atoms with Gasteiger partial charge in [-0.05, 0) is 41.0 Å². The quantitative estimate of drug-likeness (QED) is 0.589. The lowest BCUT2D eigenvalue weighted by molar-refractivity contribution is 0.155. The van der Waals surface area contributed by atoms with Gasteiger partial charge in [0.25, 0.3) is 0 Å². The van der Waals surface area contributed by atoms with Gasteiger partial charge in [0, 0.05) is 18.1 Å². The molecule has 2 aromatic heterocycles. The van der Waals surface area contributed by atoms with Crippen LogP contribution in [0.5, 0.6) is 0 Å². The van der Waals surface area contributed by atoms with Crippen molar-refractivity contribution in [3.8, 4) is 5.69 Å². The minimum atomic E-state index is 0.603. The van der Waals surface area contributed by atoms with Gasteiger partial charge in [0.15, 0.2) is 0 Å². The van der Waals surface area contributed by atoms with Crippen molar-refractivity contribution in [1.29, 1.82) is 0 Å². The van der Waals surface area contributed by atoms with Crippen LogP contribution in [-0.4, -0.2) is 29.9 Å². The first kappa shape index (κ1) is 12.6. The summed E-state index contributed by atoms with van der Waals surface area (Å²) in [5, 5.41) is 17.0. The van der Waals surface area contributed by atoms with Crippen molar-refractivity contribution in [2.75, 3.05) is 0 Å². The van der Waals surface area contributed by atoms with Gasteiger partial charge in [-0.1, -0.05) is 29.1 Å². The van der Waals surface area contributed by atoms with Gasteiger partial charge in [-0.25, -0.2) is 4.98 Å². The van der Waals surface area contributed by atoms with E-state index in [1.54, 1.807) is 12.5 Å². The van der Waals surface area contributed by atoms with Crippen LogP contribution in [0.2, 0.25) is 0 Å². The molecule has 2 aromatic carbocycles. The summed E-state index contributed by atoms with van der Waals surface area (Å²) in [6, 6.07) is 14.0. The van der Waals surface area contributed by atoms with E-state index in [9.17, 15) is 5.21 Å². The summed E-state index contributed by atoms with van der Waals surface area (Å²) in [5.41, 5.74) is 4.69. The summed E-state index contributed by atoms with van der Waals surface area (Å²) < 4.78 is 2.00. The van der Waals surface area contributed by atoms with E-state index in [0.29, 0.717) is 11.0 Å². The van der Waals surface area contributed by atoms with Crippen molar-refractivity contribution < 1.29 is 5.21 Å². The van der Waals surface area contributed by atoms with Crippen LogP contribution in [0, 0.1) is 0 Å². The van der Waals surface area contributed by atoms with E-state index in [1.165, 1.54) is 5.56 Å². The third-order valence-electron chi connectivity index (χ3n) is 3.66. The fraction of sp³-hybridized carbons (Fsp3) is 0.0625. The Morgan fingerprint density at radius 1 is 1.09 bits per heavy atom. The molecule has 6 heteroatoms. The van der Waals surface area contributed by atoms with E-state index in [2.05, 4.69) is 27.4 Å². The number of hydrogen-bond donors (Lipinski definition) is 1. The zero-order valence-electron chi connectivity index (χ0n) is 11.7. The number of benzene rings is 2. The lowest BCUT2D eigenvalue weighted by Gasteiger charge is -2.10. The molecule has 0 unspecified atom stereocenters. The fourth-order valence-electron chi connectivity index (χ4n) is 2.60. The van der Waals surface area contributed by atoms with Gasteiger partial charge in [0.1, 0.15) is 11.0 Å². The molecule has 2 heterocycles. The molecule has 1 N–H and O–H groups in total. The smallest absolute Gasteiger partial charge is 0.130 e. The molecule has 0 saturated heterocycles. The van der Waals surface area contributed by atoms with Crippen LogP contribution in [0.15, 0.2) is 61.2 Å². The number of imidazole rings is 1. The van der Waals surface area contributed by atoms with E-state index in [0.717, 1.165) is 22.5 Å². The summed E-state index contributed by atoms with van der Waals surface area (Å²) in [5.74, 6) is 0. The molecule has 0 atom stereocenters. The Hall–Kier alpha value is -3.15. The van der Waals surface area contributed by atoms with Gasteiger partial charge in [0.05, 0.1) is 6.33 Å². The highest BCUT2D eigenvalue weighted by atomic mass is 16.5. The molecule has 4 aromatic rings. The Kier molecular flexibility index (Phi) is 2.86. The molecule has 0 amide bonds. The molecule has 0 radical (unpaired) electrons. The first-order chi connectivity index (χ1) is 10.8. The minimum absolute atomic E-state index is 0.603. The van der Waals surface area contributed by atoms with Gasteiger partial charge >= 0.3 is 0 Å². The van der Waals surface area contributed by atoms with Gasteiger partial charge < -0.3 is 9.77 Å². The van der Waals surface area contributed by atoms with Crippen LogP contribution in [0.3, 0.4) is 0 Å². The van der Waals surface area contributed by atoms with Crippen molar-refractivity contribution in [2.45, 2.75) is 6.42 Å². The van der Waals surface area contributed by atoms with E-state index in [4.69, 9.17) is 0 Å². The second-order valence-electron chi connectivity index (χ2n) is 5.08. The number of hydrogen-bond acceptors (Lipinski definition) is 4. The SMILES string of the molecule is On1nnc2cc(Cc3ccccc3-n3ccnc3)ccc21. The van der Waals surface area contributed by atoms with E-state index < -0.39 is 0 Å². The largest absolute Gasteiger partial charge is 0.410 e. The molecule has 0 spiro atoms. The van der Waals surface area contributed by atoms with Crippen LogP contribution >= 0.6 is 0 Å². The number of aromatic nitrogens is 5. The van der Waals surface area contributed by atoms with Crippen molar-refractivity contribution in [3.05, 3.63) is 72.3 Å². The highest BCUT2D eigenvalue weighted by molar-refractivity contribution is 5.74. The zero-order valence-corrected chi connectivity index (χ0v) is 11.7.